The first-order valence-electron chi connectivity index (χ1n) is 8.68. The Morgan fingerprint density at radius 3 is 2.19 bits per heavy atom. The Morgan fingerprint density at radius 1 is 0.852 bits per heavy atom. The average Bonchev–Trinajstić information content (AvgIpc) is 2.72. The van der Waals surface area contributed by atoms with Crippen LogP contribution in [0.15, 0.2) is 54.6 Å². The second-order valence-corrected chi connectivity index (χ2v) is 6.33. The van der Waals surface area contributed by atoms with E-state index in [0.29, 0.717) is 6.42 Å². The van der Waals surface area contributed by atoms with Crippen LogP contribution >= 0.6 is 0 Å². The number of hydrogen-bond acceptors (Lipinski definition) is 6. The van der Waals surface area contributed by atoms with Gasteiger partial charge in [0, 0.05) is 6.42 Å². The highest BCUT2D eigenvalue weighted by Gasteiger charge is 2.44. The Kier molecular flexibility index (Phi) is 6.45. The number of aliphatic hydroxyl groups excluding tert-OH is 4. The van der Waals surface area contributed by atoms with Crippen molar-refractivity contribution in [2.75, 3.05) is 6.61 Å². The van der Waals surface area contributed by atoms with Crippen molar-refractivity contribution in [1.82, 2.24) is 0 Å². The molecule has 142 valence electrons. The van der Waals surface area contributed by atoms with Gasteiger partial charge in [0.2, 0.25) is 6.29 Å². The molecule has 0 saturated carbocycles. The molecule has 1 aliphatic rings. The molecule has 6 heteroatoms. The van der Waals surface area contributed by atoms with Gasteiger partial charge in [-0.3, -0.25) is 0 Å². The zero-order valence-corrected chi connectivity index (χ0v) is 14.6. The monoisotopic (exact) mass is 370 g/mol. The quantitative estimate of drug-likeness (QED) is 0.591. The Bertz CT molecular complexity index is 778. The van der Waals surface area contributed by atoms with Crippen LogP contribution in [-0.2, 0) is 15.9 Å². The normalized spacial score (nSPS) is 27.5. The fraction of sp³-hybridized carbons (Fsp3) is 0.333. The van der Waals surface area contributed by atoms with Gasteiger partial charge in [-0.1, -0.05) is 60.5 Å². The molecule has 3 rings (SSSR count). The van der Waals surface area contributed by atoms with Gasteiger partial charge in [-0.05, 0) is 16.7 Å². The van der Waals surface area contributed by atoms with Gasteiger partial charge < -0.3 is 29.9 Å². The van der Waals surface area contributed by atoms with E-state index in [-0.39, 0.29) is 0 Å². The maximum Gasteiger partial charge on any atom is 0.239 e. The lowest BCUT2D eigenvalue weighted by molar-refractivity contribution is -0.284. The second-order valence-electron chi connectivity index (χ2n) is 6.33. The average molecular weight is 370 g/mol. The first-order chi connectivity index (χ1) is 13.1. The molecule has 0 radical (unpaired) electrons. The number of rotatable bonds is 4. The highest BCUT2D eigenvalue weighted by atomic mass is 16.7. The van der Waals surface area contributed by atoms with Crippen LogP contribution in [0.2, 0.25) is 0 Å². The van der Waals surface area contributed by atoms with Crippen molar-refractivity contribution in [3.8, 4) is 23.2 Å². The SMILES string of the molecule is OC[C@H]1O[C@H](OC#CCc2ccc(-c3ccccc3)cc2)[C@@H](O)[C@@H](O)[C@@H]1O. The van der Waals surface area contributed by atoms with Gasteiger partial charge in [0.15, 0.2) is 0 Å². The molecule has 27 heavy (non-hydrogen) atoms. The molecule has 6 nitrogen and oxygen atoms in total. The summed E-state index contributed by atoms with van der Waals surface area (Å²) in [4.78, 5) is 0. The van der Waals surface area contributed by atoms with Gasteiger partial charge in [0.1, 0.15) is 30.5 Å². The molecular weight excluding hydrogens is 348 g/mol. The first-order valence-corrected chi connectivity index (χ1v) is 8.68. The molecular formula is C21H22O6. The molecule has 1 heterocycles. The smallest absolute Gasteiger partial charge is 0.239 e. The van der Waals surface area contributed by atoms with Crippen molar-refractivity contribution in [2.45, 2.75) is 37.1 Å². The van der Waals surface area contributed by atoms with E-state index in [2.05, 4.69) is 12.0 Å². The van der Waals surface area contributed by atoms with Crippen LogP contribution in [0.4, 0.5) is 0 Å². The maximum absolute atomic E-state index is 9.87. The van der Waals surface area contributed by atoms with E-state index in [4.69, 9.17) is 14.6 Å². The summed E-state index contributed by atoms with van der Waals surface area (Å²) < 4.78 is 10.4. The van der Waals surface area contributed by atoms with Gasteiger partial charge in [0.25, 0.3) is 0 Å². The highest BCUT2D eigenvalue weighted by Crippen LogP contribution is 2.22. The molecule has 4 N–H and O–H groups in total. The van der Waals surface area contributed by atoms with Gasteiger partial charge in [-0.2, -0.15) is 0 Å². The molecule has 1 fully saturated rings. The predicted molar refractivity (Wildman–Crippen MR) is 98.2 cm³/mol. The number of ether oxygens (including phenoxy) is 2. The van der Waals surface area contributed by atoms with Gasteiger partial charge in [-0.15, -0.1) is 0 Å². The van der Waals surface area contributed by atoms with Gasteiger partial charge >= 0.3 is 0 Å². The Balaban J connectivity index is 1.56. The van der Waals surface area contributed by atoms with Crippen LogP contribution in [0.5, 0.6) is 0 Å². The maximum atomic E-state index is 9.87. The Labute approximate surface area is 157 Å². The number of aliphatic hydroxyl groups is 4. The lowest BCUT2D eigenvalue weighted by Gasteiger charge is -2.38. The summed E-state index contributed by atoms with van der Waals surface area (Å²) in [5.74, 6) is 2.82. The molecule has 0 bridgehead atoms. The third kappa shape index (κ3) is 4.66. The zero-order chi connectivity index (χ0) is 19.2. The minimum Gasteiger partial charge on any atom is -0.411 e. The summed E-state index contributed by atoms with van der Waals surface area (Å²) in [6.45, 7) is -0.508. The molecule has 0 unspecified atom stereocenters. The number of benzene rings is 2. The first kappa shape index (κ1) is 19.4. The lowest BCUT2D eigenvalue weighted by Crippen LogP contribution is -2.58. The van der Waals surface area contributed by atoms with Crippen molar-refractivity contribution in [1.29, 1.82) is 0 Å². The standard InChI is InChI=1S/C21H22O6/c22-13-17-18(23)19(24)20(25)21(27-17)26-12-4-5-14-8-10-16(11-9-14)15-6-2-1-3-7-15/h1-3,6-11,17-25H,5,13H2/t17-,18-,19+,20+,21+/m1/s1. The fourth-order valence-corrected chi connectivity index (χ4v) is 2.85. The molecule has 2 aromatic rings. The van der Waals surface area contributed by atoms with Crippen LogP contribution in [0.3, 0.4) is 0 Å². The van der Waals surface area contributed by atoms with E-state index < -0.39 is 37.3 Å². The molecule has 1 saturated heterocycles. The Morgan fingerprint density at radius 2 is 1.52 bits per heavy atom. The van der Waals surface area contributed by atoms with E-state index in [1.807, 2.05) is 54.6 Å². The van der Waals surface area contributed by atoms with Crippen LogP contribution in [-0.4, -0.2) is 57.7 Å². The van der Waals surface area contributed by atoms with E-state index in [0.717, 1.165) is 16.7 Å². The molecule has 2 aromatic carbocycles. The largest absolute Gasteiger partial charge is 0.411 e. The van der Waals surface area contributed by atoms with Crippen LogP contribution in [0, 0.1) is 12.0 Å². The van der Waals surface area contributed by atoms with Crippen LogP contribution in [0.1, 0.15) is 5.56 Å². The summed E-state index contributed by atoms with van der Waals surface area (Å²) in [6, 6.07) is 18.0. The van der Waals surface area contributed by atoms with Gasteiger partial charge in [0.05, 0.1) is 6.61 Å². The van der Waals surface area contributed by atoms with Crippen molar-refractivity contribution >= 4 is 0 Å². The topological polar surface area (TPSA) is 99.4 Å². The minimum atomic E-state index is -1.48. The summed E-state index contributed by atoms with van der Waals surface area (Å²) >= 11 is 0. The molecule has 0 spiro atoms. The van der Waals surface area contributed by atoms with Crippen molar-refractivity contribution in [3.05, 3.63) is 60.2 Å². The predicted octanol–water partition coefficient (Wildman–Crippen LogP) is 0.673. The lowest BCUT2D eigenvalue weighted by atomic mass is 9.99. The van der Waals surface area contributed by atoms with Crippen LogP contribution in [0.25, 0.3) is 11.1 Å². The second kappa shape index (κ2) is 9.00. The van der Waals surface area contributed by atoms with Crippen molar-refractivity contribution < 1.29 is 29.9 Å². The number of hydrogen-bond donors (Lipinski definition) is 4. The molecule has 0 aliphatic carbocycles. The third-order valence-electron chi connectivity index (χ3n) is 4.45. The molecule has 1 aliphatic heterocycles. The summed E-state index contributed by atoms with van der Waals surface area (Å²) in [7, 11) is 0. The van der Waals surface area contributed by atoms with E-state index in [9.17, 15) is 15.3 Å². The molecule has 0 amide bonds. The summed E-state index contributed by atoms with van der Waals surface area (Å²) in [5.41, 5.74) is 3.26. The minimum absolute atomic E-state index is 0.437. The summed E-state index contributed by atoms with van der Waals surface area (Å²) in [6.07, 6.45) is -3.72. The van der Waals surface area contributed by atoms with Crippen molar-refractivity contribution in [2.24, 2.45) is 0 Å². The fourth-order valence-electron chi connectivity index (χ4n) is 2.85. The van der Waals surface area contributed by atoms with E-state index in [1.165, 1.54) is 0 Å². The zero-order valence-electron chi connectivity index (χ0n) is 14.6. The Hall–Kier alpha value is -2.40. The molecule has 5 atom stereocenters. The summed E-state index contributed by atoms with van der Waals surface area (Å²) in [5, 5.41) is 38.4. The van der Waals surface area contributed by atoms with Gasteiger partial charge in [-0.25, -0.2) is 0 Å². The van der Waals surface area contributed by atoms with Crippen molar-refractivity contribution in [3.63, 3.8) is 0 Å². The molecule has 0 aromatic heterocycles. The third-order valence-corrected chi connectivity index (χ3v) is 4.45. The van der Waals surface area contributed by atoms with E-state index in [1.54, 1.807) is 0 Å². The van der Waals surface area contributed by atoms with Crippen LogP contribution < -0.4 is 0 Å². The highest BCUT2D eigenvalue weighted by molar-refractivity contribution is 5.63. The van der Waals surface area contributed by atoms with E-state index >= 15 is 0 Å².